The summed E-state index contributed by atoms with van der Waals surface area (Å²) >= 11 is 0. The normalized spacial score (nSPS) is 11.4. The Morgan fingerprint density at radius 2 is 1.90 bits per heavy atom. The van der Waals surface area contributed by atoms with E-state index in [0.717, 1.165) is 23.4 Å². The van der Waals surface area contributed by atoms with Crippen LogP contribution < -0.4 is 10.2 Å². The first-order valence-corrected chi connectivity index (χ1v) is 9.60. The summed E-state index contributed by atoms with van der Waals surface area (Å²) in [5.41, 5.74) is -0.381. The van der Waals surface area contributed by atoms with Crippen LogP contribution in [-0.4, -0.2) is 40.5 Å². The third-order valence-electron chi connectivity index (χ3n) is 4.71. The van der Waals surface area contributed by atoms with E-state index in [2.05, 4.69) is 15.6 Å². The number of aryl methyl sites for hydroxylation is 1. The quantitative estimate of drug-likeness (QED) is 0.570. The van der Waals surface area contributed by atoms with E-state index >= 15 is 0 Å². The molecule has 1 heterocycles. The summed E-state index contributed by atoms with van der Waals surface area (Å²) in [6.07, 6.45) is -4.92. The molecule has 0 bridgehead atoms. The zero-order valence-corrected chi connectivity index (χ0v) is 16.9. The van der Waals surface area contributed by atoms with Gasteiger partial charge in [0, 0.05) is 25.3 Å². The van der Waals surface area contributed by atoms with Gasteiger partial charge in [0.05, 0.1) is 5.69 Å². The summed E-state index contributed by atoms with van der Waals surface area (Å²) in [4.78, 5) is 14.5. The molecule has 0 aliphatic heterocycles. The van der Waals surface area contributed by atoms with Crippen molar-refractivity contribution in [1.29, 1.82) is 0 Å². The van der Waals surface area contributed by atoms with Crippen molar-refractivity contribution in [2.75, 3.05) is 24.5 Å². The van der Waals surface area contributed by atoms with E-state index in [-0.39, 0.29) is 12.2 Å². The monoisotopic (exact) mass is 435 g/mol. The number of carbonyl (C=O) groups is 1. The molecule has 1 aromatic heterocycles. The second kappa shape index (κ2) is 9.15. The number of halogens is 4. The van der Waals surface area contributed by atoms with Crippen LogP contribution in [0.4, 0.5) is 23.2 Å². The lowest BCUT2D eigenvalue weighted by Crippen LogP contribution is -2.36. The maximum Gasteiger partial charge on any atom is 0.435 e. The zero-order chi connectivity index (χ0) is 22.6. The number of benzene rings is 2. The van der Waals surface area contributed by atoms with Crippen molar-refractivity contribution in [1.82, 2.24) is 20.3 Å². The van der Waals surface area contributed by atoms with Crippen LogP contribution in [0.5, 0.6) is 0 Å². The van der Waals surface area contributed by atoms with Gasteiger partial charge in [-0.15, -0.1) is 5.10 Å². The van der Waals surface area contributed by atoms with Gasteiger partial charge < -0.3 is 10.2 Å². The van der Waals surface area contributed by atoms with Gasteiger partial charge in [0.25, 0.3) is 5.91 Å². The highest BCUT2D eigenvalue weighted by atomic mass is 19.4. The Bertz CT molecular complexity index is 1060. The number of alkyl halides is 3. The number of hydrogen-bond acceptors (Lipinski definition) is 4. The van der Waals surface area contributed by atoms with Crippen LogP contribution >= 0.6 is 0 Å². The van der Waals surface area contributed by atoms with E-state index in [1.54, 1.807) is 0 Å². The van der Waals surface area contributed by atoms with E-state index in [1.807, 2.05) is 43.0 Å². The smallest absolute Gasteiger partial charge is 0.370 e. The fraction of sp³-hybridized carbons (Fsp3) is 0.286. The second-order valence-electron chi connectivity index (χ2n) is 6.80. The van der Waals surface area contributed by atoms with Crippen LogP contribution in [0, 0.1) is 12.7 Å². The van der Waals surface area contributed by atoms with E-state index < -0.39 is 29.3 Å². The number of likely N-dealkylation sites (N-methyl/N-ethyl adjacent to an activating group) is 1. The highest BCUT2D eigenvalue weighted by Gasteiger charge is 2.42. The van der Waals surface area contributed by atoms with Gasteiger partial charge in [-0.3, -0.25) is 4.79 Å². The van der Waals surface area contributed by atoms with Crippen molar-refractivity contribution in [2.45, 2.75) is 20.0 Å². The van der Waals surface area contributed by atoms with E-state index in [9.17, 15) is 22.4 Å². The molecule has 6 nitrogen and oxygen atoms in total. The number of anilines is 1. The van der Waals surface area contributed by atoms with Crippen LogP contribution in [0.3, 0.4) is 0 Å². The summed E-state index contributed by atoms with van der Waals surface area (Å²) < 4.78 is 54.9. The van der Waals surface area contributed by atoms with Crippen LogP contribution in [0.2, 0.25) is 0 Å². The highest BCUT2D eigenvalue weighted by molar-refractivity contribution is 5.93. The van der Waals surface area contributed by atoms with Gasteiger partial charge in [0.1, 0.15) is 5.82 Å². The molecular weight excluding hydrogens is 414 g/mol. The Balaban J connectivity index is 1.78. The number of nitrogens with zero attached hydrogens (tertiary/aromatic N) is 4. The Morgan fingerprint density at radius 1 is 1.16 bits per heavy atom. The summed E-state index contributed by atoms with van der Waals surface area (Å²) in [6.45, 7) is 5.05. The van der Waals surface area contributed by atoms with Crippen molar-refractivity contribution < 1.29 is 22.4 Å². The molecule has 0 saturated heterocycles. The van der Waals surface area contributed by atoms with Gasteiger partial charge in [0.2, 0.25) is 0 Å². The lowest BCUT2D eigenvalue weighted by molar-refractivity contribution is -0.143. The number of aromatic nitrogens is 3. The Morgan fingerprint density at radius 3 is 2.55 bits per heavy atom. The Kier molecular flexibility index (Phi) is 6.57. The molecular formula is C21H21F4N5O. The zero-order valence-electron chi connectivity index (χ0n) is 16.9. The molecule has 3 aromatic rings. The summed E-state index contributed by atoms with van der Waals surface area (Å²) in [5, 5.41) is 9.34. The van der Waals surface area contributed by atoms with E-state index in [4.69, 9.17) is 0 Å². The first kappa shape index (κ1) is 22.3. The minimum absolute atomic E-state index is 0.102. The van der Waals surface area contributed by atoms with Gasteiger partial charge in [-0.05, 0) is 43.7 Å². The lowest BCUT2D eigenvalue weighted by atomic mass is 10.2. The molecule has 31 heavy (non-hydrogen) atoms. The first-order chi connectivity index (χ1) is 14.7. The van der Waals surface area contributed by atoms with Gasteiger partial charge in [-0.1, -0.05) is 29.5 Å². The third kappa shape index (κ3) is 5.01. The van der Waals surface area contributed by atoms with Crippen LogP contribution in [-0.2, 0) is 6.18 Å². The molecule has 0 radical (unpaired) electrons. The number of hydrogen-bond donors (Lipinski definition) is 1. The molecule has 10 heteroatoms. The number of para-hydroxylation sites is 1. The summed E-state index contributed by atoms with van der Waals surface area (Å²) in [5.74, 6) is -1.74. The van der Waals surface area contributed by atoms with E-state index in [1.165, 1.54) is 12.1 Å². The molecule has 3 rings (SSSR count). The van der Waals surface area contributed by atoms with Crippen LogP contribution in [0.15, 0.2) is 48.5 Å². The summed E-state index contributed by atoms with van der Waals surface area (Å²) in [7, 11) is 0. The van der Waals surface area contributed by atoms with Crippen LogP contribution in [0.25, 0.3) is 5.69 Å². The predicted molar refractivity (Wildman–Crippen MR) is 108 cm³/mol. The SMILES string of the molecule is CCN(CCNC(=O)c1nnn(-c2cccc(F)c2)c1C(F)(F)F)c1ccccc1C. The molecule has 1 amide bonds. The van der Waals surface area contributed by atoms with Gasteiger partial charge in [0.15, 0.2) is 11.4 Å². The van der Waals surface area contributed by atoms with Gasteiger partial charge in [-0.2, -0.15) is 13.2 Å². The standard InChI is InChI=1S/C21H21F4N5O/c1-3-29(17-10-5-4-7-14(17)2)12-11-26-20(31)18-19(21(23,24)25)30(28-27-18)16-9-6-8-15(22)13-16/h4-10,13H,3,11-12H2,1-2H3,(H,26,31). The number of carbonyl (C=O) groups excluding carboxylic acids is 1. The first-order valence-electron chi connectivity index (χ1n) is 9.60. The molecule has 0 unspecified atom stereocenters. The van der Waals surface area contributed by atoms with Crippen molar-refractivity contribution in [3.63, 3.8) is 0 Å². The minimum atomic E-state index is -4.92. The molecule has 0 atom stereocenters. The van der Waals surface area contributed by atoms with E-state index in [0.29, 0.717) is 17.8 Å². The average molecular weight is 435 g/mol. The number of rotatable bonds is 7. The molecule has 164 valence electrons. The average Bonchev–Trinajstić information content (AvgIpc) is 3.18. The van der Waals surface area contributed by atoms with Crippen LogP contribution in [0.1, 0.15) is 28.7 Å². The van der Waals surface area contributed by atoms with Gasteiger partial charge in [-0.25, -0.2) is 9.07 Å². The molecule has 1 N–H and O–H groups in total. The lowest BCUT2D eigenvalue weighted by Gasteiger charge is -2.25. The van der Waals surface area contributed by atoms with Gasteiger partial charge >= 0.3 is 6.18 Å². The highest BCUT2D eigenvalue weighted by Crippen LogP contribution is 2.32. The maximum atomic E-state index is 13.7. The maximum absolute atomic E-state index is 13.7. The predicted octanol–water partition coefficient (Wildman–Crippen LogP) is 3.99. The topological polar surface area (TPSA) is 63.1 Å². The second-order valence-corrected chi connectivity index (χ2v) is 6.80. The Hall–Kier alpha value is -3.43. The molecule has 2 aromatic carbocycles. The third-order valence-corrected chi connectivity index (χ3v) is 4.71. The number of amides is 1. The Labute approximate surface area is 176 Å². The fourth-order valence-corrected chi connectivity index (χ4v) is 3.23. The molecule has 0 saturated carbocycles. The van der Waals surface area contributed by atoms with Crippen molar-refractivity contribution in [3.05, 3.63) is 71.3 Å². The number of nitrogens with one attached hydrogen (secondary N) is 1. The fourth-order valence-electron chi connectivity index (χ4n) is 3.23. The molecule has 0 aliphatic carbocycles. The van der Waals surface area contributed by atoms with Crippen molar-refractivity contribution >= 4 is 11.6 Å². The minimum Gasteiger partial charge on any atom is -0.370 e. The molecule has 0 fully saturated rings. The molecule has 0 aliphatic rings. The largest absolute Gasteiger partial charge is 0.435 e. The van der Waals surface area contributed by atoms with Crippen molar-refractivity contribution in [2.24, 2.45) is 0 Å². The molecule has 0 spiro atoms. The summed E-state index contributed by atoms with van der Waals surface area (Å²) in [6, 6.07) is 12.2. The van der Waals surface area contributed by atoms with Crippen molar-refractivity contribution in [3.8, 4) is 5.69 Å².